The molecule has 0 radical (unpaired) electrons. The third-order valence-corrected chi connectivity index (χ3v) is 1.72. The van der Waals surface area contributed by atoms with Gasteiger partial charge in [0.25, 0.3) is 0 Å². The molecule has 0 atom stereocenters. The standard InChI is InChI=1S/C9H14N2O2/c1-9(2,3)8(13)7-4-6(5-12)10-11-7/h4,12H,5H2,1-3H3,(H,10,11). The average Bonchev–Trinajstić information content (AvgIpc) is 2.48. The van der Waals surface area contributed by atoms with Gasteiger partial charge in [-0.3, -0.25) is 9.89 Å². The van der Waals surface area contributed by atoms with Crippen LogP contribution in [0.4, 0.5) is 0 Å². The SMILES string of the molecule is CC(C)(C)C(=O)c1cc(CO)[nH]n1. The van der Waals surface area contributed by atoms with Crippen LogP contribution < -0.4 is 0 Å². The van der Waals surface area contributed by atoms with Crippen molar-refractivity contribution in [3.05, 3.63) is 17.5 Å². The second-order valence-corrected chi connectivity index (χ2v) is 4.02. The molecule has 1 aromatic rings. The molecular formula is C9H14N2O2. The maximum Gasteiger partial charge on any atom is 0.188 e. The number of rotatable bonds is 2. The van der Waals surface area contributed by atoms with Crippen LogP contribution in [-0.4, -0.2) is 21.1 Å². The number of aliphatic hydroxyl groups is 1. The molecule has 0 saturated heterocycles. The Bertz CT molecular complexity index is 310. The van der Waals surface area contributed by atoms with Crippen LogP contribution in [0.15, 0.2) is 6.07 Å². The van der Waals surface area contributed by atoms with E-state index in [1.165, 1.54) is 0 Å². The summed E-state index contributed by atoms with van der Waals surface area (Å²) in [6, 6.07) is 1.58. The highest BCUT2D eigenvalue weighted by atomic mass is 16.3. The number of H-pyrrole nitrogens is 1. The highest BCUT2D eigenvalue weighted by Gasteiger charge is 2.24. The van der Waals surface area contributed by atoms with Crippen LogP contribution in [0.1, 0.15) is 37.0 Å². The molecule has 13 heavy (non-hydrogen) atoms. The molecule has 0 aromatic carbocycles. The number of carbonyl (C=O) groups is 1. The number of Topliss-reactive ketones (excluding diaryl/α,β-unsaturated/α-hetero) is 1. The Hall–Kier alpha value is -1.16. The van der Waals surface area contributed by atoms with Gasteiger partial charge < -0.3 is 5.11 Å². The van der Waals surface area contributed by atoms with Gasteiger partial charge in [-0.2, -0.15) is 5.10 Å². The number of carbonyl (C=O) groups excluding carboxylic acids is 1. The van der Waals surface area contributed by atoms with Crippen molar-refractivity contribution in [1.82, 2.24) is 10.2 Å². The molecule has 0 unspecified atom stereocenters. The molecule has 0 spiro atoms. The zero-order valence-electron chi connectivity index (χ0n) is 8.09. The quantitative estimate of drug-likeness (QED) is 0.674. The lowest BCUT2D eigenvalue weighted by Crippen LogP contribution is -2.20. The van der Waals surface area contributed by atoms with Crippen molar-refractivity contribution in [3.8, 4) is 0 Å². The summed E-state index contributed by atoms with van der Waals surface area (Å²) in [6.07, 6.45) is 0. The van der Waals surface area contributed by atoms with Gasteiger partial charge in [-0.1, -0.05) is 20.8 Å². The second kappa shape index (κ2) is 3.30. The minimum atomic E-state index is -0.429. The summed E-state index contributed by atoms with van der Waals surface area (Å²) < 4.78 is 0. The molecule has 0 aliphatic rings. The first-order valence-electron chi connectivity index (χ1n) is 4.15. The molecule has 1 heterocycles. The van der Waals surface area contributed by atoms with Crippen LogP contribution in [0.2, 0.25) is 0 Å². The summed E-state index contributed by atoms with van der Waals surface area (Å²) in [5.74, 6) is -0.0246. The van der Waals surface area contributed by atoms with Crippen LogP contribution in [0, 0.1) is 5.41 Å². The van der Waals surface area contributed by atoms with Gasteiger partial charge >= 0.3 is 0 Å². The van der Waals surface area contributed by atoms with E-state index in [1.807, 2.05) is 20.8 Å². The lowest BCUT2D eigenvalue weighted by molar-refractivity contribution is 0.0853. The fourth-order valence-corrected chi connectivity index (χ4v) is 0.943. The summed E-state index contributed by atoms with van der Waals surface area (Å²) >= 11 is 0. The first kappa shape index (κ1) is 9.92. The van der Waals surface area contributed by atoms with Crippen molar-refractivity contribution in [3.63, 3.8) is 0 Å². The van der Waals surface area contributed by atoms with Gasteiger partial charge in [0.15, 0.2) is 5.78 Å². The highest BCUT2D eigenvalue weighted by Crippen LogP contribution is 2.19. The normalized spacial score (nSPS) is 11.7. The maximum atomic E-state index is 11.6. The topological polar surface area (TPSA) is 66.0 Å². The predicted octanol–water partition coefficient (Wildman–Crippen LogP) is 1.13. The molecule has 1 rings (SSSR count). The van der Waals surface area contributed by atoms with Crippen LogP contribution >= 0.6 is 0 Å². The van der Waals surface area contributed by atoms with E-state index in [0.29, 0.717) is 11.4 Å². The number of aromatic nitrogens is 2. The second-order valence-electron chi connectivity index (χ2n) is 4.02. The molecule has 0 saturated carbocycles. The van der Waals surface area contributed by atoms with Crippen LogP contribution in [0.5, 0.6) is 0 Å². The van der Waals surface area contributed by atoms with Crippen molar-refractivity contribution < 1.29 is 9.90 Å². The molecule has 0 bridgehead atoms. The Labute approximate surface area is 77.0 Å². The molecular weight excluding hydrogens is 168 g/mol. The number of hydrogen-bond acceptors (Lipinski definition) is 3. The van der Waals surface area contributed by atoms with Gasteiger partial charge in [0, 0.05) is 5.41 Å². The fraction of sp³-hybridized carbons (Fsp3) is 0.556. The van der Waals surface area contributed by atoms with E-state index in [2.05, 4.69) is 10.2 Å². The molecule has 1 aromatic heterocycles. The first-order chi connectivity index (χ1) is 5.95. The monoisotopic (exact) mass is 182 g/mol. The lowest BCUT2D eigenvalue weighted by Gasteiger charge is -2.13. The smallest absolute Gasteiger partial charge is 0.188 e. The minimum Gasteiger partial charge on any atom is -0.390 e. The molecule has 2 N–H and O–H groups in total. The van der Waals surface area contributed by atoms with Crippen LogP contribution in [0.3, 0.4) is 0 Å². The molecule has 4 nitrogen and oxygen atoms in total. The minimum absolute atomic E-state index is 0.0246. The van der Waals surface area contributed by atoms with Crippen molar-refractivity contribution in [1.29, 1.82) is 0 Å². The number of aromatic amines is 1. The summed E-state index contributed by atoms with van der Waals surface area (Å²) in [5.41, 5.74) is 0.520. The number of nitrogens with one attached hydrogen (secondary N) is 1. The van der Waals surface area contributed by atoms with E-state index in [9.17, 15) is 4.79 Å². The molecule has 72 valence electrons. The zero-order chi connectivity index (χ0) is 10.1. The predicted molar refractivity (Wildman–Crippen MR) is 48.3 cm³/mol. The molecule has 0 amide bonds. The van der Waals surface area contributed by atoms with Crippen LogP contribution in [-0.2, 0) is 6.61 Å². The van der Waals surface area contributed by atoms with E-state index in [1.54, 1.807) is 6.07 Å². The summed E-state index contributed by atoms with van der Waals surface area (Å²) in [5, 5.41) is 15.2. The highest BCUT2D eigenvalue weighted by molar-refractivity contribution is 5.98. The molecule has 0 aliphatic carbocycles. The van der Waals surface area contributed by atoms with Crippen LogP contribution in [0.25, 0.3) is 0 Å². The van der Waals surface area contributed by atoms with Crippen molar-refractivity contribution >= 4 is 5.78 Å². The Morgan fingerprint density at radius 1 is 1.62 bits per heavy atom. The maximum absolute atomic E-state index is 11.6. The molecule has 0 aliphatic heterocycles. The number of aliphatic hydroxyl groups excluding tert-OH is 1. The largest absolute Gasteiger partial charge is 0.390 e. The lowest BCUT2D eigenvalue weighted by atomic mass is 9.89. The van der Waals surface area contributed by atoms with Crippen molar-refractivity contribution in [2.24, 2.45) is 5.41 Å². The summed E-state index contributed by atoms with van der Waals surface area (Å²) in [7, 11) is 0. The van der Waals surface area contributed by atoms with Gasteiger partial charge in [0.2, 0.25) is 0 Å². The third-order valence-electron chi connectivity index (χ3n) is 1.72. The van der Waals surface area contributed by atoms with Crippen molar-refractivity contribution in [2.45, 2.75) is 27.4 Å². The Balaban J connectivity index is 2.90. The van der Waals surface area contributed by atoms with E-state index in [0.717, 1.165) is 0 Å². The third kappa shape index (κ3) is 2.15. The van der Waals surface area contributed by atoms with Gasteiger partial charge in [-0.25, -0.2) is 0 Å². The Kier molecular flexibility index (Phi) is 2.52. The van der Waals surface area contributed by atoms with E-state index in [4.69, 9.17) is 5.11 Å². The number of hydrogen-bond donors (Lipinski definition) is 2. The Morgan fingerprint density at radius 2 is 2.23 bits per heavy atom. The average molecular weight is 182 g/mol. The van der Waals surface area contributed by atoms with Gasteiger partial charge in [0.05, 0.1) is 12.3 Å². The molecule has 0 fully saturated rings. The van der Waals surface area contributed by atoms with E-state index < -0.39 is 5.41 Å². The van der Waals surface area contributed by atoms with Gasteiger partial charge in [0.1, 0.15) is 5.69 Å². The van der Waals surface area contributed by atoms with Crippen molar-refractivity contribution in [2.75, 3.05) is 0 Å². The Morgan fingerprint density at radius 3 is 2.62 bits per heavy atom. The summed E-state index contributed by atoms with van der Waals surface area (Å²) in [4.78, 5) is 11.6. The van der Waals surface area contributed by atoms with Gasteiger partial charge in [-0.05, 0) is 6.07 Å². The first-order valence-corrected chi connectivity index (χ1v) is 4.15. The number of nitrogens with zero attached hydrogens (tertiary/aromatic N) is 1. The van der Waals surface area contributed by atoms with E-state index in [-0.39, 0.29) is 12.4 Å². The molecule has 4 heteroatoms. The van der Waals surface area contributed by atoms with E-state index >= 15 is 0 Å². The summed E-state index contributed by atoms with van der Waals surface area (Å²) in [6.45, 7) is 5.39. The number of ketones is 1. The fourth-order valence-electron chi connectivity index (χ4n) is 0.943. The van der Waals surface area contributed by atoms with Gasteiger partial charge in [-0.15, -0.1) is 0 Å². The zero-order valence-corrected chi connectivity index (χ0v) is 8.09.